The van der Waals surface area contributed by atoms with Crippen LogP contribution in [0.5, 0.6) is 0 Å². The average Bonchev–Trinajstić information content (AvgIpc) is 3.02. The fraction of sp³-hybridized carbons (Fsp3) is 0.448. The van der Waals surface area contributed by atoms with Crippen molar-refractivity contribution in [3.8, 4) is 0 Å². The van der Waals surface area contributed by atoms with Crippen molar-refractivity contribution in [1.29, 1.82) is 0 Å². The predicted molar refractivity (Wildman–Crippen MR) is 149 cm³/mol. The fourth-order valence-electron chi connectivity index (χ4n) is 2.70. The second-order valence-electron chi connectivity index (χ2n) is 9.06. The van der Waals surface area contributed by atoms with Gasteiger partial charge in [-0.25, -0.2) is 38.4 Å². The van der Waals surface area contributed by atoms with E-state index in [1.807, 2.05) is 0 Å². The maximum atomic E-state index is 12.6. The first-order chi connectivity index (χ1) is 21.0. The monoisotopic (exact) mass is 640 g/mol. The molecule has 0 rings (SSSR count). The van der Waals surface area contributed by atoms with E-state index in [1.54, 1.807) is 0 Å². The molecule has 0 aromatic carbocycles. The van der Waals surface area contributed by atoms with Gasteiger partial charge in [0, 0.05) is 24.3 Å². The number of rotatable bonds is 20. The Balaban J connectivity index is 6.31. The van der Waals surface area contributed by atoms with Crippen LogP contribution in [0.15, 0.2) is 50.6 Å². The molecule has 0 aliphatic rings. The van der Waals surface area contributed by atoms with Gasteiger partial charge in [0.25, 0.3) is 0 Å². The molecule has 248 valence electrons. The number of esters is 8. The van der Waals surface area contributed by atoms with E-state index >= 15 is 0 Å². The van der Waals surface area contributed by atoms with Crippen LogP contribution in [0.2, 0.25) is 0 Å². The third kappa shape index (κ3) is 15.1. The topological polar surface area (TPSA) is 210 Å². The van der Waals surface area contributed by atoms with Gasteiger partial charge in [0.15, 0.2) is 24.4 Å². The zero-order valence-electron chi connectivity index (χ0n) is 25.3. The van der Waals surface area contributed by atoms with Crippen LogP contribution in [0.25, 0.3) is 0 Å². The van der Waals surface area contributed by atoms with Crippen molar-refractivity contribution in [3.63, 3.8) is 0 Å². The molecule has 0 aliphatic carbocycles. The van der Waals surface area contributed by atoms with Crippen LogP contribution in [0.1, 0.15) is 27.7 Å². The van der Waals surface area contributed by atoms with E-state index in [0.29, 0.717) is 0 Å². The first-order valence-corrected chi connectivity index (χ1v) is 13.0. The quantitative estimate of drug-likeness (QED) is 0.101. The molecule has 0 bridgehead atoms. The molecule has 4 unspecified atom stereocenters. The van der Waals surface area contributed by atoms with E-state index in [4.69, 9.17) is 37.9 Å². The zero-order valence-corrected chi connectivity index (χ0v) is 25.3. The van der Waals surface area contributed by atoms with Gasteiger partial charge < -0.3 is 37.9 Å². The molecule has 0 saturated heterocycles. The van der Waals surface area contributed by atoms with E-state index in [1.165, 1.54) is 27.7 Å². The zero-order chi connectivity index (χ0) is 34.7. The summed E-state index contributed by atoms with van der Waals surface area (Å²) in [5, 5.41) is 0. The molecule has 0 saturated carbocycles. The smallest absolute Gasteiger partial charge is 0.347 e. The third-order valence-corrected chi connectivity index (χ3v) is 5.25. The van der Waals surface area contributed by atoms with Crippen molar-refractivity contribution < 1.29 is 76.3 Å². The minimum absolute atomic E-state index is 0.799. The Labute approximate surface area is 258 Å². The summed E-state index contributed by atoms with van der Waals surface area (Å²) in [4.78, 5) is 96.3. The number of carbonyl (C=O) groups is 8. The lowest BCUT2D eigenvalue weighted by Crippen LogP contribution is -2.46. The molecule has 0 aliphatic heterocycles. The highest BCUT2D eigenvalue weighted by atomic mass is 16.6. The van der Waals surface area contributed by atoms with Gasteiger partial charge in [0.2, 0.25) is 0 Å². The summed E-state index contributed by atoms with van der Waals surface area (Å²) < 4.78 is 40.1. The second-order valence-corrected chi connectivity index (χ2v) is 9.06. The molecule has 0 N–H and O–H groups in total. The van der Waals surface area contributed by atoms with Gasteiger partial charge >= 0.3 is 47.8 Å². The molecule has 45 heavy (non-hydrogen) atoms. The van der Waals surface area contributed by atoms with E-state index < -0.39 is 104 Å². The van der Waals surface area contributed by atoms with Crippen LogP contribution in [-0.2, 0) is 76.3 Å². The lowest BCUT2D eigenvalue weighted by Gasteiger charge is -2.32. The van der Waals surface area contributed by atoms with Gasteiger partial charge in [-0.2, -0.15) is 0 Å². The summed E-state index contributed by atoms with van der Waals surface area (Å²) in [6, 6.07) is 0. The van der Waals surface area contributed by atoms with Gasteiger partial charge in [-0.1, -0.05) is 26.3 Å². The molecule has 0 heterocycles. The van der Waals surface area contributed by atoms with Crippen LogP contribution in [-0.4, -0.2) is 98.6 Å². The molecular formula is C29H36O16. The van der Waals surface area contributed by atoms with Gasteiger partial charge in [-0.3, -0.25) is 0 Å². The van der Waals surface area contributed by atoms with E-state index in [0.717, 1.165) is 24.3 Å². The molecular weight excluding hydrogens is 604 g/mol. The number of hydrogen-bond acceptors (Lipinski definition) is 16. The van der Waals surface area contributed by atoms with Crippen LogP contribution in [0.4, 0.5) is 0 Å². The lowest BCUT2D eigenvalue weighted by atomic mass is 9.92. The molecule has 0 radical (unpaired) electrons. The van der Waals surface area contributed by atoms with Gasteiger partial charge in [-0.05, 0) is 27.7 Å². The minimum atomic E-state index is -1.90. The normalized spacial score (nSPS) is 14.1. The van der Waals surface area contributed by atoms with Crippen molar-refractivity contribution in [3.05, 3.63) is 50.6 Å². The molecule has 0 fully saturated rings. The Morgan fingerprint density at radius 3 is 0.778 bits per heavy atom. The first-order valence-electron chi connectivity index (χ1n) is 13.0. The highest BCUT2D eigenvalue weighted by molar-refractivity contribution is 5.87. The Bertz CT molecular complexity index is 987. The molecule has 4 atom stereocenters. The molecule has 16 heteroatoms. The van der Waals surface area contributed by atoms with Gasteiger partial charge in [0.05, 0.1) is 0 Å². The molecule has 0 aromatic rings. The van der Waals surface area contributed by atoms with Crippen molar-refractivity contribution in [2.45, 2.75) is 52.1 Å². The standard InChI is InChI=1S/C29H36O16/c1-9-21(30)42-17(5)25(34)38-13-29(14-39-26(35)18(6)43-22(31)10-2,15-40-27(36)19(7)44-23(32)11-3)16-41-28(37)20(8)45-24(33)12-4/h9-12,17-20H,1-4,13-16H2,5-8H3. The molecule has 0 spiro atoms. The maximum Gasteiger partial charge on any atom is 0.347 e. The molecule has 0 aromatic heterocycles. The van der Waals surface area contributed by atoms with Crippen LogP contribution in [0, 0.1) is 5.41 Å². The Hall–Kier alpha value is -5.28. The highest BCUT2D eigenvalue weighted by Gasteiger charge is 2.40. The SMILES string of the molecule is C=CC(=O)OC(C)C(=O)OCC(COC(=O)C(C)OC(=O)C=C)(COC(=O)C(C)OC(=O)C=C)COC(=O)C(C)OC(=O)C=C. The lowest BCUT2D eigenvalue weighted by molar-refractivity contribution is -0.186. The number of hydrogen-bond donors (Lipinski definition) is 0. The summed E-state index contributed by atoms with van der Waals surface area (Å²) in [7, 11) is 0. The van der Waals surface area contributed by atoms with Crippen molar-refractivity contribution in [1.82, 2.24) is 0 Å². The summed E-state index contributed by atoms with van der Waals surface area (Å²) in [6.45, 7) is 14.3. The summed E-state index contributed by atoms with van der Waals surface area (Å²) >= 11 is 0. The molecule has 0 amide bonds. The van der Waals surface area contributed by atoms with Gasteiger partial charge in [0.1, 0.15) is 31.8 Å². The highest BCUT2D eigenvalue weighted by Crippen LogP contribution is 2.23. The number of carbonyl (C=O) groups excluding carboxylic acids is 8. The van der Waals surface area contributed by atoms with E-state index in [9.17, 15) is 38.4 Å². The van der Waals surface area contributed by atoms with Crippen LogP contribution in [0.3, 0.4) is 0 Å². The average molecular weight is 641 g/mol. The van der Waals surface area contributed by atoms with Crippen molar-refractivity contribution in [2.24, 2.45) is 5.41 Å². The van der Waals surface area contributed by atoms with E-state index in [-0.39, 0.29) is 0 Å². The first kappa shape index (κ1) is 39.7. The van der Waals surface area contributed by atoms with Crippen LogP contribution >= 0.6 is 0 Å². The third-order valence-electron chi connectivity index (χ3n) is 5.25. The van der Waals surface area contributed by atoms with Gasteiger partial charge in [-0.15, -0.1) is 0 Å². The minimum Gasteiger partial charge on any atom is -0.462 e. The maximum absolute atomic E-state index is 12.6. The van der Waals surface area contributed by atoms with Crippen LogP contribution < -0.4 is 0 Å². The Kier molecular flexibility index (Phi) is 17.5. The van der Waals surface area contributed by atoms with Crippen molar-refractivity contribution >= 4 is 47.8 Å². The fourth-order valence-corrected chi connectivity index (χ4v) is 2.70. The summed E-state index contributed by atoms with van der Waals surface area (Å²) in [5.74, 6) is -8.26. The summed E-state index contributed by atoms with van der Waals surface area (Å²) in [5.41, 5.74) is -1.90. The Morgan fingerprint density at radius 1 is 0.444 bits per heavy atom. The Morgan fingerprint density at radius 2 is 0.622 bits per heavy atom. The largest absolute Gasteiger partial charge is 0.462 e. The molecule has 16 nitrogen and oxygen atoms in total. The van der Waals surface area contributed by atoms with Crippen molar-refractivity contribution in [2.75, 3.05) is 26.4 Å². The number of ether oxygens (including phenoxy) is 8. The second kappa shape index (κ2) is 19.8. The predicted octanol–water partition coefficient (Wildman–Crippen LogP) is 0.616. The summed E-state index contributed by atoms with van der Waals surface area (Å²) in [6.07, 6.45) is -2.65. The van der Waals surface area contributed by atoms with E-state index in [2.05, 4.69) is 26.3 Å².